The van der Waals surface area contributed by atoms with Crippen molar-refractivity contribution in [2.75, 3.05) is 7.11 Å². The van der Waals surface area contributed by atoms with Crippen molar-refractivity contribution in [3.8, 4) is 0 Å². The Morgan fingerprint density at radius 1 is 1.52 bits per heavy atom. The van der Waals surface area contributed by atoms with Crippen LogP contribution in [0.15, 0.2) is 34.4 Å². The first-order chi connectivity index (χ1) is 11.0. The molecule has 23 heavy (non-hydrogen) atoms. The maximum absolute atomic E-state index is 9.72. The molecule has 0 fully saturated rings. The Labute approximate surface area is 150 Å². The van der Waals surface area contributed by atoms with E-state index < -0.39 is 14.8 Å². The predicted molar refractivity (Wildman–Crippen MR) is 99.8 cm³/mol. The normalized spacial score (nSPS) is 24.7. The number of benzene rings is 1. The van der Waals surface area contributed by atoms with Gasteiger partial charge in [-0.05, 0) is 24.4 Å². The number of thiocarbonyl (C=S) groups is 1. The molecule has 0 radical (unpaired) electrons. The zero-order valence-electron chi connectivity index (χ0n) is 11.8. The second-order valence-electron chi connectivity index (χ2n) is 4.50. The zero-order chi connectivity index (χ0) is 16.6. The molecule has 1 aliphatic rings. The van der Waals surface area contributed by atoms with Crippen LogP contribution in [0.3, 0.4) is 0 Å². The van der Waals surface area contributed by atoms with Crippen LogP contribution in [0, 0.1) is 0 Å². The lowest BCUT2D eigenvalue weighted by Crippen LogP contribution is -2.34. The van der Waals surface area contributed by atoms with Gasteiger partial charge in [-0.25, -0.2) is 4.98 Å². The first-order valence-corrected chi connectivity index (χ1v) is 8.85. The molecule has 0 amide bonds. The van der Waals surface area contributed by atoms with Crippen LogP contribution in [-0.2, 0) is 9.04 Å². The van der Waals surface area contributed by atoms with Gasteiger partial charge in [0.05, 0.1) is 10.2 Å². The molecule has 0 aliphatic carbocycles. The zero-order valence-corrected chi connectivity index (χ0v) is 15.0. The fourth-order valence-corrected chi connectivity index (χ4v) is 4.93. The highest BCUT2D eigenvalue weighted by Crippen LogP contribution is 2.50. The Morgan fingerprint density at radius 3 is 2.91 bits per heavy atom. The number of para-hydroxylation sites is 1. The third-order valence-corrected chi connectivity index (χ3v) is 6.30. The molecule has 2 aromatic rings. The van der Waals surface area contributed by atoms with E-state index in [2.05, 4.69) is 15.1 Å². The average molecular weight is 387 g/mol. The number of aromatic nitrogens is 1. The molecule has 2 heterocycles. The van der Waals surface area contributed by atoms with E-state index in [4.69, 9.17) is 34.4 Å². The summed E-state index contributed by atoms with van der Waals surface area (Å²) in [4.78, 5) is 13.6. The number of rotatable bonds is 4. The largest absolute Gasteiger partial charge is 0.497 e. The number of nitrogens with zero attached hydrogens (tertiary/aromatic N) is 3. The number of alkyl halides is 1. The molecule has 6 nitrogen and oxygen atoms in total. The maximum atomic E-state index is 9.72. The van der Waals surface area contributed by atoms with E-state index in [9.17, 15) is 5.11 Å². The summed E-state index contributed by atoms with van der Waals surface area (Å²) in [6, 6.07) is 7.67. The van der Waals surface area contributed by atoms with Crippen molar-refractivity contribution >= 4 is 73.6 Å². The number of halogens is 1. The van der Waals surface area contributed by atoms with Gasteiger partial charge in [0.1, 0.15) is 23.3 Å². The summed E-state index contributed by atoms with van der Waals surface area (Å²) in [5.41, 5.74) is 6.34. The maximum Gasteiger partial charge on any atom is 0.213 e. The summed E-state index contributed by atoms with van der Waals surface area (Å²) in [6.45, 7) is 0. The van der Waals surface area contributed by atoms with Gasteiger partial charge in [0.15, 0.2) is 9.92 Å². The second kappa shape index (κ2) is 6.33. The molecule has 2 atom stereocenters. The van der Waals surface area contributed by atoms with Crippen LogP contribution in [0.4, 0.5) is 0 Å². The molecule has 1 aliphatic heterocycles. The summed E-state index contributed by atoms with van der Waals surface area (Å²) in [5, 5.41) is 13.6. The standard InChI is InChI=1S/C13H11ClN4O2S3/c1-20-18-8(10(19)21)9-13(14,23-12(15)17-9)11-16-6-4-2-3-5-7(6)22-11/h2-5,12H,15H2,1H3,(H,19,21). The number of hydrogen-bond donors (Lipinski definition) is 2. The number of hydrogen-bond acceptors (Lipinski definition) is 8. The van der Waals surface area contributed by atoms with Gasteiger partial charge in [-0.15, -0.1) is 11.3 Å². The Morgan fingerprint density at radius 2 is 2.26 bits per heavy atom. The van der Waals surface area contributed by atoms with E-state index in [1.165, 1.54) is 30.2 Å². The molecule has 0 saturated carbocycles. The van der Waals surface area contributed by atoms with Crippen LogP contribution < -0.4 is 5.73 Å². The third-order valence-electron chi connectivity index (χ3n) is 3.02. The SMILES string of the molecule is CON=C(C(O)=S)C1=NC(N)SC1(Cl)c1nc2ccccc2s1. The van der Waals surface area contributed by atoms with Gasteiger partial charge < -0.3 is 15.7 Å². The molecule has 0 spiro atoms. The van der Waals surface area contributed by atoms with Crippen LogP contribution in [-0.4, -0.2) is 39.2 Å². The fourth-order valence-electron chi connectivity index (χ4n) is 2.11. The smallest absolute Gasteiger partial charge is 0.213 e. The third kappa shape index (κ3) is 2.94. The lowest BCUT2D eigenvalue weighted by molar-refractivity contribution is 0.214. The number of aliphatic hydroxyl groups excluding tert-OH is 1. The minimum atomic E-state index is -1.19. The highest BCUT2D eigenvalue weighted by atomic mass is 35.5. The van der Waals surface area contributed by atoms with Gasteiger partial charge in [0.25, 0.3) is 0 Å². The molecule has 2 unspecified atom stereocenters. The first-order valence-electron chi connectivity index (χ1n) is 6.37. The van der Waals surface area contributed by atoms with E-state index in [1.54, 1.807) is 0 Å². The van der Waals surface area contributed by atoms with Crippen LogP contribution in [0.5, 0.6) is 0 Å². The monoisotopic (exact) mass is 386 g/mol. The van der Waals surface area contributed by atoms with Crippen molar-refractivity contribution in [3.63, 3.8) is 0 Å². The fraction of sp³-hybridized carbons (Fsp3) is 0.231. The molecule has 120 valence electrons. The number of thiazole rings is 1. The van der Waals surface area contributed by atoms with E-state index in [1.807, 2.05) is 24.3 Å². The molecule has 0 bridgehead atoms. The Kier molecular flexibility index (Phi) is 4.56. The quantitative estimate of drug-likeness (QED) is 0.363. The predicted octanol–water partition coefficient (Wildman–Crippen LogP) is 3.01. The first kappa shape index (κ1) is 16.6. The number of nitrogens with two attached hydrogens (primary N) is 1. The van der Waals surface area contributed by atoms with Crippen LogP contribution in [0.1, 0.15) is 5.01 Å². The minimum absolute atomic E-state index is 0.0165. The Balaban J connectivity index is 2.13. The van der Waals surface area contributed by atoms with Crippen LogP contribution in [0.25, 0.3) is 10.2 Å². The van der Waals surface area contributed by atoms with Gasteiger partial charge in [0, 0.05) is 0 Å². The summed E-state index contributed by atoms with van der Waals surface area (Å²) >= 11 is 14.2. The minimum Gasteiger partial charge on any atom is -0.497 e. The summed E-state index contributed by atoms with van der Waals surface area (Å²) in [5.74, 6) is 0. The van der Waals surface area contributed by atoms with Crippen molar-refractivity contribution in [3.05, 3.63) is 29.3 Å². The molecule has 1 aromatic carbocycles. The lowest BCUT2D eigenvalue weighted by atomic mass is 10.1. The van der Waals surface area contributed by atoms with Gasteiger partial charge in [-0.1, -0.05) is 40.7 Å². The van der Waals surface area contributed by atoms with Crippen LogP contribution >= 0.6 is 46.9 Å². The summed E-state index contributed by atoms with van der Waals surface area (Å²) in [7, 11) is 1.34. The van der Waals surface area contributed by atoms with E-state index in [0.29, 0.717) is 5.01 Å². The number of thioether (sulfide) groups is 1. The number of aliphatic imine (C=N–C) groups is 1. The molecule has 3 N–H and O–H groups in total. The molecule has 1 aromatic heterocycles. The molecular formula is C13H11ClN4O2S3. The van der Waals surface area contributed by atoms with Crippen molar-refractivity contribution in [1.29, 1.82) is 0 Å². The number of fused-ring (bicyclic) bond motifs is 1. The van der Waals surface area contributed by atoms with E-state index in [0.717, 1.165) is 10.2 Å². The lowest BCUT2D eigenvalue weighted by Gasteiger charge is -2.20. The molecule has 10 heteroatoms. The van der Waals surface area contributed by atoms with Crippen molar-refractivity contribution in [2.45, 2.75) is 9.70 Å². The molecule has 0 saturated heterocycles. The van der Waals surface area contributed by atoms with Crippen molar-refractivity contribution < 1.29 is 9.94 Å². The molecule has 3 rings (SSSR count). The van der Waals surface area contributed by atoms with Gasteiger partial charge in [0.2, 0.25) is 5.05 Å². The average Bonchev–Trinajstić information content (AvgIpc) is 3.06. The highest BCUT2D eigenvalue weighted by molar-refractivity contribution is 8.03. The highest BCUT2D eigenvalue weighted by Gasteiger charge is 2.49. The molecular weight excluding hydrogens is 376 g/mol. The number of aliphatic hydroxyl groups is 1. The summed E-state index contributed by atoms with van der Waals surface area (Å²) in [6.07, 6.45) is 0. The topological polar surface area (TPSA) is 93.1 Å². The summed E-state index contributed by atoms with van der Waals surface area (Å²) < 4.78 is -0.201. The van der Waals surface area contributed by atoms with Gasteiger partial charge in [-0.2, -0.15) is 0 Å². The Hall–Kier alpha value is -1.26. The van der Waals surface area contributed by atoms with E-state index >= 15 is 0 Å². The number of oxime groups is 1. The van der Waals surface area contributed by atoms with Crippen molar-refractivity contribution in [2.24, 2.45) is 15.9 Å². The Bertz CT molecular complexity index is 804. The van der Waals surface area contributed by atoms with E-state index in [-0.39, 0.29) is 11.4 Å². The second-order valence-corrected chi connectivity index (χ2v) is 8.04. The van der Waals surface area contributed by atoms with Gasteiger partial charge in [-0.3, -0.25) is 4.99 Å². The van der Waals surface area contributed by atoms with Crippen molar-refractivity contribution in [1.82, 2.24) is 4.98 Å². The van der Waals surface area contributed by atoms with Crippen LogP contribution in [0.2, 0.25) is 0 Å². The van der Waals surface area contributed by atoms with Gasteiger partial charge >= 0.3 is 0 Å².